The Hall–Kier alpha value is -1.14. The zero-order valence-corrected chi connectivity index (χ0v) is 18.4. The van der Waals surface area contributed by atoms with Gasteiger partial charge in [0.2, 0.25) is 0 Å². The second kappa shape index (κ2) is 11.3. The molecule has 0 radical (unpaired) electrons. The molecule has 0 amide bonds. The van der Waals surface area contributed by atoms with Crippen molar-refractivity contribution in [2.75, 3.05) is 6.61 Å². The number of halogens is 1. The Labute approximate surface area is 179 Å². The Morgan fingerprint density at radius 3 is 2.62 bits per heavy atom. The highest BCUT2D eigenvalue weighted by molar-refractivity contribution is 6.29. The SMILES string of the molecule is C/C(=C\C[C@H]1CCC[C@]2(CCC[C@@H]2[C@@H](C)/C=C/[C@@H](O)/C=C(\Cl)CCO)N1)C(=O)O. The minimum Gasteiger partial charge on any atom is -0.478 e. The third-order valence-corrected chi connectivity index (χ3v) is 6.82. The Balaban J connectivity index is 2.01. The van der Waals surface area contributed by atoms with Crippen molar-refractivity contribution in [3.8, 4) is 0 Å². The third kappa shape index (κ3) is 6.95. The lowest BCUT2D eigenvalue weighted by Gasteiger charge is -2.45. The van der Waals surface area contributed by atoms with E-state index in [0.29, 0.717) is 34.9 Å². The van der Waals surface area contributed by atoms with Crippen LogP contribution in [-0.4, -0.2) is 45.6 Å². The van der Waals surface area contributed by atoms with Crippen LogP contribution in [0, 0.1) is 11.8 Å². The second-order valence-electron chi connectivity index (χ2n) is 8.64. The highest BCUT2D eigenvalue weighted by Gasteiger charge is 2.46. The van der Waals surface area contributed by atoms with Crippen molar-refractivity contribution in [2.24, 2.45) is 11.8 Å². The fourth-order valence-electron chi connectivity index (χ4n) is 5.01. The van der Waals surface area contributed by atoms with Gasteiger partial charge < -0.3 is 20.6 Å². The van der Waals surface area contributed by atoms with Gasteiger partial charge in [-0.1, -0.05) is 49.6 Å². The number of carbonyl (C=O) groups is 1. The van der Waals surface area contributed by atoms with Gasteiger partial charge >= 0.3 is 5.97 Å². The van der Waals surface area contributed by atoms with Crippen LogP contribution in [0.2, 0.25) is 0 Å². The number of hydrogen-bond donors (Lipinski definition) is 4. The molecular formula is C23H36ClNO4. The topological polar surface area (TPSA) is 89.8 Å². The van der Waals surface area contributed by atoms with Gasteiger partial charge in [-0.2, -0.15) is 0 Å². The number of aliphatic carboxylic acids is 1. The van der Waals surface area contributed by atoms with Crippen LogP contribution in [0.1, 0.15) is 65.2 Å². The Bertz CT molecular complexity index is 645. The fraction of sp³-hybridized carbons (Fsp3) is 0.696. The van der Waals surface area contributed by atoms with Gasteiger partial charge in [-0.15, -0.1) is 0 Å². The Morgan fingerprint density at radius 2 is 1.97 bits per heavy atom. The molecule has 2 fully saturated rings. The molecular weight excluding hydrogens is 390 g/mol. The second-order valence-corrected chi connectivity index (χ2v) is 9.12. The smallest absolute Gasteiger partial charge is 0.330 e. The number of piperidine rings is 1. The number of aliphatic hydroxyl groups excluding tert-OH is 2. The summed E-state index contributed by atoms with van der Waals surface area (Å²) in [5.74, 6) is -0.0327. The molecule has 6 heteroatoms. The van der Waals surface area contributed by atoms with Crippen molar-refractivity contribution in [1.82, 2.24) is 5.32 Å². The van der Waals surface area contributed by atoms with Gasteiger partial charge in [0.25, 0.3) is 0 Å². The van der Waals surface area contributed by atoms with E-state index >= 15 is 0 Å². The maximum absolute atomic E-state index is 11.1. The average Bonchev–Trinajstić information content (AvgIpc) is 3.06. The van der Waals surface area contributed by atoms with Crippen LogP contribution in [0.15, 0.2) is 34.9 Å². The molecule has 29 heavy (non-hydrogen) atoms. The lowest BCUT2D eigenvalue weighted by atomic mass is 9.72. The zero-order chi connectivity index (χ0) is 21.4. The molecule has 1 heterocycles. The summed E-state index contributed by atoms with van der Waals surface area (Å²) >= 11 is 5.98. The zero-order valence-electron chi connectivity index (χ0n) is 17.6. The van der Waals surface area contributed by atoms with Crippen molar-refractivity contribution in [3.63, 3.8) is 0 Å². The first-order valence-corrected chi connectivity index (χ1v) is 11.2. The van der Waals surface area contributed by atoms with Crippen LogP contribution in [0.5, 0.6) is 0 Å². The molecule has 0 aromatic carbocycles. The van der Waals surface area contributed by atoms with Gasteiger partial charge in [-0.25, -0.2) is 4.79 Å². The maximum atomic E-state index is 11.1. The summed E-state index contributed by atoms with van der Waals surface area (Å²) in [6.45, 7) is 3.83. The molecule has 5 atom stereocenters. The molecule has 5 nitrogen and oxygen atoms in total. The first-order valence-electron chi connectivity index (χ1n) is 10.8. The van der Waals surface area contributed by atoms with Crippen molar-refractivity contribution >= 4 is 17.6 Å². The molecule has 0 bridgehead atoms. The minimum atomic E-state index is -0.847. The molecule has 1 spiro atoms. The number of nitrogens with one attached hydrogen (secondary N) is 1. The maximum Gasteiger partial charge on any atom is 0.330 e. The van der Waals surface area contributed by atoms with Crippen molar-refractivity contribution in [2.45, 2.75) is 82.9 Å². The standard InChI is InChI=1S/C23H36ClNO4/c1-16(8-10-20(27)15-18(24)11-14-26)21-6-4-13-23(21)12-3-5-19(25-23)9-7-17(2)22(28)29/h7-8,10,15-16,19-21,25-27H,3-6,9,11-14H2,1-2H3,(H,28,29)/b10-8+,17-7+,18-15-/t16-,19+,20+,21+,23+/m0/s1. The normalized spacial score (nSPS) is 30.8. The monoisotopic (exact) mass is 425 g/mol. The Kier molecular flexibility index (Phi) is 9.41. The molecule has 0 aromatic rings. The molecule has 2 rings (SSSR count). The number of hydrogen-bond acceptors (Lipinski definition) is 4. The van der Waals surface area contributed by atoms with E-state index in [1.165, 1.54) is 6.42 Å². The van der Waals surface area contributed by atoms with Crippen LogP contribution >= 0.6 is 11.6 Å². The molecule has 1 aliphatic heterocycles. The van der Waals surface area contributed by atoms with Crippen molar-refractivity contribution < 1.29 is 20.1 Å². The molecule has 2 aliphatic rings. The molecule has 1 saturated carbocycles. The van der Waals surface area contributed by atoms with E-state index in [4.69, 9.17) is 21.8 Å². The van der Waals surface area contributed by atoms with Gasteiger partial charge in [0.05, 0.1) is 6.10 Å². The fourth-order valence-corrected chi connectivity index (χ4v) is 5.22. The summed E-state index contributed by atoms with van der Waals surface area (Å²) in [5, 5.41) is 32.5. The van der Waals surface area contributed by atoms with Gasteiger partial charge in [-0.05, 0) is 56.9 Å². The van der Waals surface area contributed by atoms with E-state index in [-0.39, 0.29) is 12.1 Å². The summed E-state index contributed by atoms with van der Waals surface area (Å²) in [5.41, 5.74) is 0.514. The molecule has 164 valence electrons. The quantitative estimate of drug-likeness (QED) is 0.329. The predicted octanol–water partition coefficient (Wildman–Crippen LogP) is 4.15. The number of carboxylic acids is 1. The average molecular weight is 426 g/mol. The summed E-state index contributed by atoms with van der Waals surface area (Å²) in [6, 6.07) is 0.320. The predicted molar refractivity (Wildman–Crippen MR) is 117 cm³/mol. The van der Waals surface area contributed by atoms with Gasteiger partial charge in [0, 0.05) is 35.2 Å². The molecule has 0 aromatic heterocycles. The Morgan fingerprint density at radius 1 is 1.28 bits per heavy atom. The first-order chi connectivity index (χ1) is 13.8. The van der Waals surface area contributed by atoms with E-state index in [1.54, 1.807) is 19.1 Å². The van der Waals surface area contributed by atoms with E-state index < -0.39 is 12.1 Å². The summed E-state index contributed by atoms with van der Waals surface area (Å²) < 4.78 is 0. The number of allylic oxidation sites excluding steroid dienone is 1. The summed E-state index contributed by atoms with van der Waals surface area (Å²) in [6.07, 6.45) is 14.5. The highest BCUT2D eigenvalue weighted by Crippen LogP contribution is 2.46. The summed E-state index contributed by atoms with van der Waals surface area (Å²) in [4.78, 5) is 11.1. The third-order valence-electron chi connectivity index (χ3n) is 6.51. The van der Waals surface area contributed by atoms with Crippen LogP contribution < -0.4 is 5.32 Å². The number of carboxylic acid groups (broad SMARTS) is 1. The van der Waals surface area contributed by atoms with E-state index in [2.05, 4.69) is 18.3 Å². The van der Waals surface area contributed by atoms with Crippen molar-refractivity contribution in [3.05, 3.63) is 34.9 Å². The number of aliphatic hydroxyl groups is 2. The molecule has 4 N–H and O–H groups in total. The van der Waals surface area contributed by atoms with Crippen LogP contribution in [-0.2, 0) is 4.79 Å². The lowest BCUT2D eigenvalue weighted by molar-refractivity contribution is -0.132. The van der Waals surface area contributed by atoms with Gasteiger partial charge in [0.1, 0.15) is 0 Å². The first kappa shape index (κ1) is 24.1. The molecule has 0 unspecified atom stereocenters. The highest BCUT2D eigenvalue weighted by atomic mass is 35.5. The van der Waals surface area contributed by atoms with Crippen LogP contribution in [0.3, 0.4) is 0 Å². The van der Waals surface area contributed by atoms with Crippen molar-refractivity contribution in [1.29, 1.82) is 0 Å². The van der Waals surface area contributed by atoms with Crippen LogP contribution in [0.25, 0.3) is 0 Å². The molecule has 1 saturated heterocycles. The number of rotatable bonds is 9. The van der Waals surface area contributed by atoms with Gasteiger partial charge in [-0.3, -0.25) is 0 Å². The van der Waals surface area contributed by atoms with Gasteiger partial charge in [0.15, 0.2) is 0 Å². The molecule has 1 aliphatic carbocycles. The minimum absolute atomic E-state index is 0.0270. The lowest BCUT2D eigenvalue weighted by Crippen LogP contribution is -2.56. The largest absolute Gasteiger partial charge is 0.478 e. The van der Waals surface area contributed by atoms with E-state index in [0.717, 1.165) is 38.5 Å². The van der Waals surface area contributed by atoms with E-state index in [9.17, 15) is 9.90 Å². The summed E-state index contributed by atoms with van der Waals surface area (Å²) in [7, 11) is 0. The van der Waals surface area contributed by atoms with Crippen LogP contribution in [0.4, 0.5) is 0 Å². The van der Waals surface area contributed by atoms with E-state index in [1.807, 2.05) is 6.08 Å².